The van der Waals surface area contributed by atoms with Crippen molar-refractivity contribution >= 4 is 35.7 Å². The first-order valence-electron chi connectivity index (χ1n) is 12.6. The van der Waals surface area contributed by atoms with Gasteiger partial charge in [0.15, 0.2) is 0 Å². The van der Waals surface area contributed by atoms with Gasteiger partial charge in [0.25, 0.3) is 0 Å². The number of ether oxygens (including phenoxy) is 2. The maximum atomic E-state index is 13.4. The molecule has 0 saturated heterocycles. The van der Waals surface area contributed by atoms with E-state index in [0.717, 1.165) is 11.1 Å². The average Bonchev–Trinajstić information content (AvgIpc) is 3.04. The molecule has 0 aromatic heterocycles. The molecule has 1 aliphatic heterocycles. The third-order valence-electron chi connectivity index (χ3n) is 5.90. The highest BCUT2D eigenvalue weighted by molar-refractivity contribution is 6.05. The van der Waals surface area contributed by atoms with Gasteiger partial charge in [-0.25, -0.2) is 4.79 Å². The molecule has 1 heterocycles. The second kappa shape index (κ2) is 14.5. The summed E-state index contributed by atoms with van der Waals surface area (Å²) in [6.45, 7) is 2.07. The first-order chi connectivity index (χ1) is 18.4. The Morgan fingerprint density at radius 1 is 1.03 bits per heavy atom. The maximum absolute atomic E-state index is 13.4. The Hall–Kier alpha value is -4.18. The molecule has 0 unspecified atom stereocenters. The topological polar surface area (TPSA) is 134 Å². The number of rotatable bonds is 13. The van der Waals surface area contributed by atoms with Gasteiger partial charge in [-0.2, -0.15) is 0 Å². The molecule has 0 saturated carbocycles. The van der Waals surface area contributed by atoms with Crippen molar-refractivity contribution in [3.05, 3.63) is 71.8 Å². The highest BCUT2D eigenvalue weighted by atomic mass is 16.5. The van der Waals surface area contributed by atoms with E-state index in [1.165, 1.54) is 4.90 Å². The second-order valence-electron chi connectivity index (χ2n) is 8.67. The van der Waals surface area contributed by atoms with Crippen molar-refractivity contribution in [2.75, 3.05) is 24.6 Å². The van der Waals surface area contributed by atoms with E-state index >= 15 is 0 Å². The molecule has 3 rings (SSSR count). The number of carbonyl (C=O) groups is 4. The van der Waals surface area contributed by atoms with Crippen LogP contribution in [0.3, 0.4) is 0 Å². The van der Waals surface area contributed by atoms with E-state index in [4.69, 9.17) is 9.47 Å². The summed E-state index contributed by atoms with van der Waals surface area (Å²) in [4.78, 5) is 50.7. The Morgan fingerprint density at radius 2 is 1.76 bits per heavy atom. The molecule has 3 N–H and O–H groups in total. The summed E-state index contributed by atoms with van der Waals surface area (Å²) in [5.41, 5.74) is 2.15. The summed E-state index contributed by atoms with van der Waals surface area (Å²) in [7, 11) is 0. The van der Waals surface area contributed by atoms with Gasteiger partial charge in [0, 0.05) is 6.54 Å². The number of carboxylic acid groups (broad SMARTS) is 1. The fraction of sp³-hybridized carbons (Fsp3) is 0.357. The number of para-hydroxylation sites is 1. The zero-order valence-corrected chi connectivity index (χ0v) is 21.3. The molecule has 0 aliphatic carbocycles. The number of benzene rings is 2. The van der Waals surface area contributed by atoms with Crippen LogP contribution in [0.1, 0.15) is 37.3 Å². The minimum atomic E-state index is -1.10. The van der Waals surface area contributed by atoms with Gasteiger partial charge in [-0.05, 0) is 43.4 Å². The molecular formula is C28H33N3O7. The molecule has 2 aromatic rings. The summed E-state index contributed by atoms with van der Waals surface area (Å²) >= 11 is 0. The van der Waals surface area contributed by atoms with Gasteiger partial charge in [-0.1, -0.05) is 60.7 Å². The van der Waals surface area contributed by atoms with Gasteiger partial charge in [-0.3, -0.25) is 24.6 Å². The van der Waals surface area contributed by atoms with Crippen molar-refractivity contribution in [3.63, 3.8) is 0 Å². The van der Waals surface area contributed by atoms with E-state index in [0.29, 0.717) is 25.1 Å². The number of esters is 1. The Balaban J connectivity index is 1.52. The van der Waals surface area contributed by atoms with Crippen LogP contribution in [-0.2, 0) is 30.5 Å². The minimum Gasteiger partial charge on any atom is -0.480 e. The van der Waals surface area contributed by atoms with Crippen molar-refractivity contribution in [2.45, 2.75) is 44.9 Å². The van der Waals surface area contributed by atoms with Crippen molar-refractivity contribution < 1.29 is 33.8 Å². The van der Waals surface area contributed by atoms with Gasteiger partial charge in [0.05, 0.1) is 12.3 Å². The van der Waals surface area contributed by atoms with E-state index in [1.54, 1.807) is 31.2 Å². The fourth-order valence-electron chi connectivity index (χ4n) is 4.00. The van der Waals surface area contributed by atoms with Crippen LogP contribution in [0, 0.1) is 0 Å². The lowest BCUT2D eigenvalue weighted by atomic mass is 10.1. The molecule has 1 aliphatic rings. The quantitative estimate of drug-likeness (QED) is 0.269. The van der Waals surface area contributed by atoms with Crippen LogP contribution in [0.5, 0.6) is 0 Å². The van der Waals surface area contributed by atoms with Crippen LogP contribution in [0.25, 0.3) is 6.08 Å². The van der Waals surface area contributed by atoms with Crippen LogP contribution < -0.4 is 15.5 Å². The second-order valence-corrected chi connectivity index (χ2v) is 8.67. The number of unbranched alkanes of at least 4 members (excludes halogenated alkanes) is 1. The Kier molecular flexibility index (Phi) is 10.9. The van der Waals surface area contributed by atoms with Gasteiger partial charge >= 0.3 is 18.0 Å². The average molecular weight is 524 g/mol. The zero-order valence-electron chi connectivity index (χ0n) is 21.3. The first-order valence-corrected chi connectivity index (χ1v) is 12.6. The predicted molar refractivity (Wildman–Crippen MR) is 141 cm³/mol. The monoisotopic (exact) mass is 523 g/mol. The summed E-state index contributed by atoms with van der Waals surface area (Å²) in [6.07, 6.45) is 4.05. The number of aliphatic carboxylic acids is 1. The van der Waals surface area contributed by atoms with Crippen LogP contribution in [0.4, 0.5) is 10.5 Å². The zero-order chi connectivity index (χ0) is 27.3. The molecule has 10 nitrogen and oxygen atoms in total. The van der Waals surface area contributed by atoms with E-state index in [1.807, 2.05) is 42.5 Å². The van der Waals surface area contributed by atoms with E-state index in [9.17, 15) is 24.3 Å². The highest BCUT2D eigenvalue weighted by Gasteiger charge is 2.32. The lowest BCUT2D eigenvalue weighted by Crippen LogP contribution is -2.52. The van der Waals surface area contributed by atoms with Crippen molar-refractivity contribution in [1.29, 1.82) is 0 Å². The number of alkyl carbamates (subject to hydrolysis) is 1. The predicted octanol–water partition coefficient (Wildman–Crippen LogP) is 3.12. The summed E-state index contributed by atoms with van der Waals surface area (Å²) in [5, 5.41) is 15.3. The standard InChI is InChI=1S/C28H33N3O7/c1-2-37-25(32)18-31-24-14-7-6-12-21(24)15-16-22(26(31)33)30-23(27(34)35)13-8-9-17-29-28(36)38-19-20-10-4-3-5-11-20/h3-7,10-12,14-16,22-23,30H,2,8-9,13,17-19H2,1H3,(H,29,36)(H,34,35)/t22-,23-/m0/s1. The van der Waals surface area contributed by atoms with E-state index < -0.39 is 36.0 Å². The third kappa shape index (κ3) is 8.45. The van der Waals surface area contributed by atoms with Gasteiger partial charge in [0.1, 0.15) is 25.2 Å². The smallest absolute Gasteiger partial charge is 0.407 e. The van der Waals surface area contributed by atoms with Crippen LogP contribution in [0.15, 0.2) is 60.7 Å². The number of carbonyl (C=O) groups excluding carboxylic acids is 3. The summed E-state index contributed by atoms with van der Waals surface area (Å²) in [5.74, 6) is -2.10. The Bertz CT molecular complexity index is 1140. The van der Waals surface area contributed by atoms with Crippen LogP contribution >= 0.6 is 0 Å². The van der Waals surface area contributed by atoms with Gasteiger partial charge in [0.2, 0.25) is 5.91 Å². The largest absolute Gasteiger partial charge is 0.480 e. The molecule has 2 aromatic carbocycles. The molecule has 38 heavy (non-hydrogen) atoms. The number of hydrogen-bond acceptors (Lipinski definition) is 7. The molecule has 0 fully saturated rings. The fourth-order valence-corrected chi connectivity index (χ4v) is 4.00. The molecule has 10 heteroatoms. The van der Waals surface area contributed by atoms with Crippen molar-refractivity contribution in [1.82, 2.24) is 10.6 Å². The molecule has 2 atom stereocenters. The first kappa shape index (κ1) is 28.4. The Morgan fingerprint density at radius 3 is 2.50 bits per heavy atom. The third-order valence-corrected chi connectivity index (χ3v) is 5.90. The molecule has 2 amide bonds. The Labute approximate surface area is 221 Å². The lowest BCUT2D eigenvalue weighted by molar-refractivity contribution is -0.143. The number of nitrogens with one attached hydrogen (secondary N) is 2. The number of hydrogen-bond donors (Lipinski definition) is 3. The van der Waals surface area contributed by atoms with Crippen LogP contribution in [-0.4, -0.2) is 60.8 Å². The lowest BCUT2D eigenvalue weighted by Gasteiger charge is -2.27. The minimum absolute atomic E-state index is 0.164. The number of fused-ring (bicyclic) bond motifs is 1. The molecule has 202 valence electrons. The van der Waals surface area contributed by atoms with Crippen LogP contribution in [0.2, 0.25) is 0 Å². The van der Waals surface area contributed by atoms with E-state index in [2.05, 4.69) is 10.6 Å². The molecule has 0 radical (unpaired) electrons. The number of carboxylic acids is 1. The summed E-state index contributed by atoms with van der Waals surface area (Å²) < 4.78 is 10.2. The number of nitrogens with zero attached hydrogens (tertiary/aromatic N) is 1. The highest BCUT2D eigenvalue weighted by Crippen LogP contribution is 2.26. The summed E-state index contributed by atoms with van der Waals surface area (Å²) in [6, 6.07) is 14.5. The SMILES string of the molecule is CCOC(=O)CN1C(=O)[C@@H](N[C@@H](CCCCNC(=O)OCc2ccccc2)C(=O)O)C=Cc2ccccc21. The number of anilines is 1. The number of amides is 2. The van der Waals surface area contributed by atoms with Gasteiger partial charge in [-0.15, -0.1) is 0 Å². The van der Waals surface area contributed by atoms with Crippen molar-refractivity contribution in [3.8, 4) is 0 Å². The molecule has 0 bridgehead atoms. The molecule has 0 spiro atoms. The van der Waals surface area contributed by atoms with Gasteiger partial charge < -0.3 is 19.9 Å². The van der Waals surface area contributed by atoms with E-state index in [-0.39, 0.29) is 26.2 Å². The maximum Gasteiger partial charge on any atom is 0.407 e. The molecular weight excluding hydrogens is 490 g/mol. The van der Waals surface area contributed by atoms with Crippen molar-refractivity contribution in [2.24, 2.45) is 0 Å². The normalized spacial score (nSPS) is 15.2.